The van der Waals surface area contributed by atoms with Gasteiger partial charge in [0.25, 0.3) is 11.7 Å². The molecule has 1 saturated heterocycles. The van der Waals surface area contributed by atoms with Gasteiger partial charge >= 0.3 is 0 Å². The van der Waals surface area contributed by atoms with Crippen molar-refractivity contribution in [2.75, 3.05) is 31.6 Å². The molecule has 0 aromatic heterocycles. The van der Waals surface area contributed by atoms with Crippen LogP contribution in [0.15, 0.2) is 42.0 Å². The first-order valence-electron chi connectivity index (χ1n) is 11.6. The van der Waals surface area contributed by atoms with E-state index in [9.17, 15) is 14.7 Å². The molecule has 1 aliphatic rings. The monoisotopic (exact) mass is 450 g/mol. The molecule has 176 valence electrons. The molecule has 33 heavy (non-hydrogen) atoms. The van der Waals surface area contributed by atoms with Crippen LogP contribution in [0.1, 0.15) is 55.5 Å². The van der Waals surface area contributed by atoms with Gasteiger partial charge in [0.15, 0.2) is 0 Å². The third-order valence-electron chi connectivity index (χ3n) is 6.22. The number of carbonyl (C=O) groups excluding carboxylic acids is 2. The number of Topliss-reactive ketones (excluding diaryl/α,β-unsaturated/α-hetero) is 1. The number of nitrogens with zero attached hydrogens (tertiary/aromatic N) is 2. The number of aliphatic hydroxyl groups is 1. The fourth-order valence-electron chi connectivity index (χ4n) is 4.70. The average Bonchev–Trinajstić information content (AvgIpc) is 3.04. The molecule has 0 aliphatic carbocycles. The topological polar surface area (TPSA) is 70.1 Å². The number of ether oxygens (including phenoxy) is 1. The number of aryl methyl sites for hydroxylation is 2. The van der Waals surface area contributed by atoms with Gasteiger partial charge in [-0.15, -0.1) is 0 Å². The molecular formula is C27H34N2O4. The summed E-state index contributed by atoms with van der Waals surface area (Å²) in [6, 6.07) is 11.0. The molecule has 1 aliphatic heterocycles. The fraction of sp³-hybridized carbons (Fsp3) is 0.407. The highest BCUT2D eigenvalue weighted by Gasteiger charge is 2.46. The van der Waals surface area contributed by atoms with E-state index >= 15 is 0 Å². The zero-order valence-corrected chi connectivity index (χ0v) is 20.4. The Morgan fingerprint density at radius 3 is 2.24 bits per heavy atom. The molecule has 1 unspecified atom stereocenters. The molecule has 2 aromatic carbocycles. The van der Waals surface area contributed by atoms with E-state index in [1.165, 1.54) is 7.11 Å². The summed E-state index contributed by atoms with van der Waals surface area (Å²) < 4.78 is 5.55. The Morgan fingerprint density at radius 1 is 1.06 bits per heavy atom. The van der Waals surface area contributed by atoms with Crippen LogP contribution in [0.4, 0.5) is 5.69 Å². The largest absolute Gasteiger partial charge is 0.507 e. The second-order valence-electron chi connectivity index (χ2n) is 8.42. The van der Waals surface area contributed by atoms with Gasteiger partial charge in [-0.1, -0.05) is 25.1 Å². The van der Waals surface area contributed by atoms with Gasteiger partial charge < -0.3 is 19.6 Å². The molecule has 0 bridgehead atoms. The lowest BCUT2D eigenvalue weighted by molar-refractivity contribution is -0.139. The first-order valence-corrected chi connectivity index (χ1v) is 11.6. The highest BCUT2D eigenvalue weighted by molar-refractivity contribution is 6.46. The van der Waals surface area contributed by atoms with E-state index in [1.54, 1.807) is 11.0 Å². The minimum absolute atomic E-state index is 0.104. The van der Waals surface area contributed by atoms with Gasteiger partial charge in [-0.2, -0.15) is 0 Å². The zero-order valence-electron chi connectivity index (χ0n) is 20.4. The summed E-state index contributed by atoms with van der Waals surface area (Å²) in [6.45, 7) is 12.2. The predicted molar refractivity (Wildman–Crippen MR) is 132 cm³/mol. The van der Waals surface area contributed by atoms with E-state index in [0.717, 1.165) is 35.5 Å². The first kappa shape index (κ1) is 24.4. The van der Waals surface area contributed by atoms with E-state index < -0.39 is 17.7 Å². The molecule has 1 heterocycles. The van der Waals surface area contributed by atoms with Gasteiger partial charge in [0.2, 0.25) is 0 Å². The lowest BCUT2D eigenvalue weighted by atomic mass is 9.93. The molecule has 0 saturated carbocycles. The summed E-state index contributed by atoms with van der Waals surface area (Å²) in [5, 5.41) is 11.4. The van der Waals surface area contributed by atoms with Gasteiger partial charge in [0.05, 0.1) is 24.3 Å². The maximum absolute atomic E-state index is 13.2. The maximum Gasteiger partial charge on any atom is 0.295 e. The van der Waals surface area contributed by atoms with Crippen LogP contribution in [0.5, 0.6) is 5.75 Å². The van der Waals surface area contributed by atoms with Crippen molar-refractivity contribution in [3.05, 3.63) is 64.2 Å². The minimum Gasteiger partial charge on any atom is -0.507 e. The third-order valence-corrected chi connectivity index (χ3v) is 6.22. The zero-order chi connectivity index (χ0) is 24.3. The average molecular weight is 451 g/mol. The standard InChI is InChI=1S/C27H34N2O4/c1-7-14-29-23(19-10-12-20(13-11-19)28(8-2)9-3)22(25(31)27(29)32)24(30)21-16-17(4)15-18(5)26(21)33-6/h10-13,15-16,23,30H,7-9,14H2,1-6H3/b24-22+. The van der Waals surface area contributed by atoms with Crippen LogP contribution >= 0.6 is 0 Å². The number of hydrogen-bond acceptors (Lipinski definition) is 5. The summed E-state index contributed by atoms with van der Waals surface area (Å²) in [5.41, 5.74) is 4.18. The second kappa shape index (κ2) is 10.1. The minimum atomic E-state index is -0.667. The summed E-state index contributed by atoms with van der Waals surface area (Å²) in [5.74, 6) is -0.955. The van der Waals surface area contributed by atoms with Crippen molar-refractivity contribution in [1.29, 1.82) is 0 Å². The van der Waals surface area contributed by atoms with Crippen molar-refractivity contribution in [3.63, 3.8) is 0 Å². The highest BCUT2D eigenvalue weighted by atomic mass is 16.5. The van der Waals surface area contributed by atoms with Crippen LogP contribution in [-0.4, -0.2) is 48.4 Å². The maximum atomic E-state index is 13.2. The van der Waals surface area contributed by atoms with E-state index in [4.69, 9.17) is 4.74 Å². The Labute approximate surface area is 196 Å². The molecule has 1 atom stereocenters. The molecular weight excluding hydrogens is 416 g/mol. The van der Waals surface area contributed by atoms with E-state index in [0.29, 0.717) is 24.3 Å². The Kier molecular flexibility index (Phi) is 7.46. The Balaban J connectivity index is 2.21. The number of methoxy groups -OCH3 is 1. The molecule has 0 spiro atoms. The molecule has 1 N–H and O–H groups in total. The normalized spacial score (nSPS) is 17.5. The van der Waals surface area contributed by atoms with Crippen LogP contribution < -0.4 is 9.64 Å². The van der Waals surface area contributed by atoms with Crippen LogP contribution in [0, 0.1) is 13.8 Å². The van der Waals surface area contributed by atoms with Crippen molar-refractivity contribution in [3.8, 4) is 5.75 Å². The van der Waals surface area contributed by atoms with Crippen molar-refractivity contribution >= 4 is 23.1 Å². The number of ketones is 1. The molecule has 1 fully saturated rings. The molecule has 3 rings (SSSR count). The number of amides is 1. The van der Waals surface area contributed by atoms with Gasteiger partial charge in [0.1, 0.15) is 11.5 Å². The first-order chi connectivity index (χ1) is 15.8. The Hall–Kier alpha value is -3.28. The van der Waals surface area contributed by atoms with Crippen LogP contribution in [0.3, 0.4) is 0 Å². The smallest absolute Gasteiger partial charge is 0.295 e. The Morgan fingerprint density at radius 2 is 1.70 bits per heavy atom. The van der Waals surface area contributed by atoms with Crippen LogP contribution in [-0.2, 0) is 9.59 Å². The SMILES string of the molecule is CCCN1C(=O)C(=O)/C(=C(/O)c2cc(C)cc(C)c2OC)C1c1ccc(N(CC)CC)cc1. The number of hydrogen-bond donors (Lipinski definition) is 1. The van der Waals surface area contributed by atoms with Crippen molar-refractivity contribution < 1.29 is 19.4 Å². The summed E-state index contributed by atoms with van der Waals surface area (Å²) in [4.78, 5) is 29.9. The van der Waals surface area contributed by atoms with E-state index in [-0.39, 0.29) is 11.3 Å². The van der Waals surface area contributed by atoms with E-state index in [1.807, 2.05) is 51.1 Å². The summed E-state index contributed by atoms with van der Waals surface area (Å²) in [6.07, 6.45) is 0.702. The molecule has 6 nitrogen and oxygen atoms in total. The van der Waals surface area contributed by atoms with Gasteiger partial charge in [0, 0.05) is 25.3 Å². The number of likely N-dealkylation sites (tertiary alicyclic amines) is 1. The number of anilines is 1. The number of benzene rings is 2. The van der Waals surface area contributed by atoms with Crippen molar-refractivity contribution in [2.24, 2.45) is 0 Å². The molecule has 0 radical (unpaired) electrons. The molecule has 2 aromatic rings. The summed E-state index contributed by atoms with van der Waals surface area (Å²) >= 11 is 0. The number of rotatable bonds is 8. The van der Waals surface area contributed by atoms with Crippen molar-refractivity contribution in [1.82, 2.24) is 4.90 Å². The number of carbonyl (C=O) groups is 2. The quantitative estimate of drug-likeness (QED) is 0.349. The predicted octanol–water partition coefficient (Wildman–Crippen LogP) is 4.99. The second-order valence-corrected chi connectivity index (χ2v) is 8.42. The highest BCUT2D eigenvalue weighted by Crippen LogP contribution is 2.42. The van der Waals surface area contributed by atoms with Crippen molar-refractivity contribution in [2.45, 2.75) is 47.1 Å². The fourth-order valence-corrected chi connectivity index (χ4v) is 4.70. The third kappa shape index (κ3) is 4.47. The van der Waals surface area contributed by atoms with Gasteiger partial charge in [-0.05, 0) is 69.0 Å². The lowest BCUT2D eigenvalue weighted by Crippen LogP contribution is -2.30. The Bertz CT molecular complexity index is 1070. The van der Waals surface area contributed by atoms with Gasteiger partial charge in [-0.25, -0.2) is 0 Å². The molecule has 1 amide bonds. The number of aliphatic hydroxyl groups excluding tert-OH is 1. The van der Waals surface area contributed by atoms with Gasteiger partial charge in [-0.3, -0.25) is 9.59 Å². The lowest BCUT2D eigenvalue weighted by Gasteiger charge is -2.26. The van der Waals surface area contributed by atoms with Crippen LogP contribution in [0.2, 0.25) is 0 Å². The van der Waals surface area contributed by atoms with E-state index in [2.05, 4.69) is 18.7 Å². The molecule has 6 heteroatoms. The summed E-state index contributed by atoms with van der Waals surface area (Å²) in [7, 11) is 1.54. The van der Waals surface area contributed by atoms with Crippen LogP contribution in [0.25, 0.3) is 5.76 Å².